The number of nitrogens with zero attached hydrogens (tertiary/aromatic N) is 1. The number of benzene rings is 1. The number of carbonyl (C=O) groups is 1. The van der Waals surface area contributed by atoms with Crippen molar-refractivity contribution < 1.29 is 23.2 Å². The van der Waals surface area contributed by atoms with Gasteiger partial charge < -0.3 is 14.0 Å². The van der Waals surface area contributed by atoms with Crippen LogP contribution in [0.4, 0.5) is 14.2 Å². The number of thiophene rings is 1. The number of amides is 1. The molecule has 2 aromatic rings. The molecule has 1 fully saturated rings. The van der Waals surface area contributed by atoms with Crippen molar-refractivity contribution in [2.24, 2.45) is 5.41 Å². The maximum absolute atomic E-state index is 14.5. The molecule has 6 nitrogen and oxygen atoms in total. The molecule has 1 saturated heterocycles. The SMILES string of the molecule is CC.CC1(C)COB(c2ccc(F)c3sc(NC(=O)OC(C)(C)C)c(C#N)c23)OC1. The third kappa shape index (κ3) is 5.51. The van der Waals surface area contributed by atoms with Gasteiger partial charge in [-0.05, 0) is 32.3 Å². The van der Waals surface area contributed by atoms with Crippen molar-refractivity contribution in [3.05, 3.63) is 23.5 Å². The van der Waals surface area contributed by atoms with Crippen molar-refractivity contribution in [3.63, 3.8) is 0 Å². The molecule has 0 unspecified atom stereocenters. The Hall–Kier alpha value is -2.15. The molecular weight excluding hydrogens is 406 g/mol. The molecule has 0 saturated carbocycles. The second-order valence-corrected chi connectivity index (χ2v) is 9.52. The summed E-state index contributed by atoms with van der Waals surface area (Å²) in [7, 11) is -0.702. The fourth-order valence-corrected chi connectivity index (χ4v) is 3.93. The first-order valence-electron chi connectivity index (χ1n) is 9.89. The van der Waals surface area contributed by atoms with Gasteiger partial charge in [-0.2, -0.15) is 5.26 Å². The zero-order valence-electron chi connectivity index (χ0n) is 18.5. The van der Waals surface area contributed by atoms with Crippen LogP contribution in [0.15, 0.2) is 12.1 Å². The highest BCUT2D eigenvalue weighted by atomic mass is 32.1. The Labute approximate surface area is 181 Å². The molecule has 0 radical (unpaired) electrons. The monoisotopic (exact) mass is 434 g/mol. The maximum atomic E-state index is 14.5. The van der Waals surface area contributed by atoms with Crippen LogP contribution in [-0.4, -0.2) is 32.0 Å². The highest BCUT2D eigenvalue weighted by molar-refractivity contribution is 7.23. The number of ether oxygens (including phenoxy) is 1. The molecule has 1 aliphatic heterocycles. The van der Waals surface area contributed by atoms with Crippen LogP contribution >= 0.6 is 11.3 Å². The maximum Gasteiger partial charge on any atom is 0.494 e. The van der Waals surface area contributed by atoms with Crippen LogP contribution in [0.25, 0.3) is 10.1 Å². The molecule has 1 aromatic carbocycles. The number of halogens is 1. The quantitative estimate of drug-likeness (QED) is 0.669. The van der Waals surface area contributed by atoms with Gasteiger partial charge in [-0.3, -0.25) is 5.32 Å². The van der Waals surface area contributed by atoms with Crippen LogP contribution in [0.2, 0.25) is 0 Å². The third-order valence-electron chi connectivity index (χ3n) is 4.05. The van der Waals surface area contributed by atoms with Crippen LogP contribution in [-0.2, 0) is 14.0 Å². The highest BCUT2D eigenvalue weighted by Crippen LogP contribution is 2.37. The summed E-state index contributed by atoms with van der Waals surface area (Å²) in [6.07, 6.45) is -0.704. The van der Waals surface area contributed by atoms with Crippen molar-refractivity contribution in [2.75, 3.05) is 18.5 Å². The van der Waals surface area contributed by atoms with Crippen molar-refractivity contribution >= 4 is 45.1 Å². The Bertz CT molecular complexity index is 953. The van der Waals surface area contributed by atoms with Gasteiger partial charge in [0.15, 0.2) is 0 Å². The number of nitrogens with one attached hydrogen (secondary N) is 1. The van der Waals surface area contributed by atoms with E-state index < -0.39 is 24.6 Å². The van der Waals surface area contributed by atoms with Crippen LogP contribution in [0.3, 0.4) is 0 Å². The van der Waals surface area contributed by atoms with Crippen LogP contribution in [0.5, 0.6) is 0 Å². The van der Waals surface area contributed by atoms with E-state index in [0.29, 0.717) is 24.1 Å². The van der Waals surface area contributed by atoms with Gasteiger partial charge in [0.1, 0.15) is 22.5 Å². The lowest BCUT2D eigenvalue weighted by Crippen LogP contribution is -2.47. The van der Waals surface area contributed by atoms with Crippen molar-refractivity contribution in [1.29, 1.82) is 5.26 Å². The van der Waals surface area contributed by atoms with Crippen LogP contribution in [0.1, 0.15) is 54.0 Å². The molecular formula is C21H28BFN2O4S. The summed E-state index contributed by atoms with van der Waals surface area (Å²) in [5.41, 5.74) is -0.0823. The molecule has 2 heterocycles. The number of hydrogen-bond donors (Lipinski definition) is 1. The molecule has 30 heavy (non-hydrogen) atoms. The number of hydrogen-bond acceptors (Lipinski definition) is 6. The molecule has 9 heteroatoms. The minimum atomic E-state index is -0.704. The summed E-state index contributed by atoms with van der Waals surface area (Å²) in [4.78, 5) is 12.1. The van der Waals surface area contributed by atoms with Crippen molar-refractivity contribution in [2.45, 2.75) is 54.1 Å². The van der Waals surface area contributed by atoms with E-state index in [0.717, 1.165) is 11.3 Å². The average molecular weight is 434 g/mol. The summed E-state index contributed by atoms with van der Waals surface area (Å²) in [6.45, 7) is 14.2. The van der Waals surface area contributed by atoms with Crippen molar-refractivity contribution in [3.8, 4) is 6.07 Å². The predicted octanol–water partition coefficient (Wildman–Crippen LogP) is 5.05. The number of rotatable bonds is 2. The molecule has 0 bridgehead atoms. The lowest BCUT2D eigenvalue weighted by molar-refractivity contribution is 0.0344. The molecule has 0 aliphatic carbocycles. The molecule has 1 aliphatic rings. The van der Waals surface area contributed by atoms with Crippen molar-refractivity contribution in [1.82, 2.24) is 0 Å². The van der Waals surface area contributed by atoms with E-state index in [1.54, 1.807) is 26.8 Å². The molecule has 0 spiro atoms. The minimum absolute atomic E-state index is 0.119. The van der Waals surface area contributed by atoms with Gasteiger partial charge >= 0.3 is 13.2 Å². The topological polar surface area (TPSA) is 80.6 Å². The Morgan fingerprint density at radius 1 is 1.30 bits per heavy atom. The smallest absolute Gasteiger partial charge is 0.444 e. The van der Waals surface area contributed by atoms with Gasteiger partial charge in [0, 0.05) is 24.0 Å². The Morgan fingerprint density at radius 3 is 2.43 bits per heavy atom. The third-order valence-corrected chi connectivity index (χ3v) is 5.17. The largest absolute Gasteiger partial charge is 0.494 e. The Morgan fingerprint density at radius 2 is 1.90 bits per heavy atom. The standard InChI is InChI=1S/C19H22BFN2O4S.C2H6/c1-18(2,3)27-17(24)23-16-11(8-22)14-12(6-7-13(21)15(14)28-16)20-25-9-19(4,5)10-26-20;1-2/h6-7H,9-10H2,1-5H3,(H,23,24);1-2H3. The lowest BCUT2D eigenvalue weighted by atomic mass is 9.73. The first kappa shape index (κ1) is 24.1. The summed E-state index contributed by atoms with van der Waals surface area (Å²) in [6, 6.07) is 4.95. The lowest BCUT2D eigenvalue weighted by Gasteiger charge is -2.33. The molecule has 3 rings (SSSR count). The zero-order chi connectivity index (χ0) is 22.7. The number of nitriles is 1. The van der Waals surface area contributed by atoms with Gasteiger partial charge in [-0.1, -0.05) is 33.8 Å². The first-order valence-corrected chi connectivity index (χ1v) is 10.7. The van der Waals surface area contributed by atoms with Gasteiger partial charge in [-0.25, -0.2) is 9.18 Å². The van der Waals surface area contributed by atoms with E-state index in [9.17, 15) is 14.4 Å². The molecule has 1 amide bonds. The molecule has 1 N–H and O–H groups in total. The summed E-state index contributed by atoms with van der Waals surface area (Å²) in [5.74, 6) is -0.478. The minimum Gasteiger partial charge on any atom is -0.444 e. The average Bonchev–Trinajstić information content (AvgIpc) is 3.01. The molecule has 162 valence electrons. The van der Waals surface area contributed by atoms with Gasteiger partial charge in [0.05, 0.1) is 10.3 Å². The fourth-order valence-electron chi connectivity index (χ4n) is 2.86. The van der Waals surface area contributed by atoms with E-state index >= 15 is 0 Å². The number of anilines is 1. The second kappa shape index (κ2) is 9.33. The van der Waals surface area contributed by atoms with E-state index in [2.05, 4.69) is 11.4 Å². The van der Waals surface area contributed by atoms with E-state index in [1.165, 1.54) is 6.07 Å². The summed E-state index contributed by atoms with van der Waals surface area (Å²) in [5, 5.41) is 12.9. The molecule has 0 atom stereocenters. The van der Waals surface area contributed by atoms with Gasteiger partial charge in [0.2, 0.25) is 0 Å². The number of carbonyl (C=O) groups excluding carboxylic acids is 1. The first-order chi connectivity index (χ1) is 14.0. The second-order valence-electron chi connectivity index (χ2n) is 8.50. The Kier molecular flexibility index (Phi) is 7.51. The summed E-state index contributed by atoms with van der Waals surface area (Å²) < 4.78 is 31.6. The van der Waals surface area contributed by atoms with E-state index in [4.69, 9.17) is 14.0 Å². The van der Waals surface area contributed by atoms with Gasteiger partial charge in [-0.15, -0.1) is 11.3 Å². The van der Waals surface area contributed by atoms with E-state index in [-0.39, 0.29) is 20.7 Å². The zero-order valence-corrected chi connectivity index (χ0v) is 19.3. The number of fused-ring (bicyclic) bond motifs is 1. The predicted molar refractivity (Wildman–Crippen MR) is 119 cm³/mol. The van der Waals surface area contributed by atoms with E-state index in [1.807, 2.05) is 27.7 Å². The molecule has 1 aromatic heterocycles. The highest BCUT2D eigenvalue weighted by Gasteiger charge is 2.36. The Balaban J connectivity index is 0.00000155. The van der Waals surface area contributed by atoms with Gasteiger partial charge in [0.25, 0.3) is 0 Å². The summed E-state index contributed by atoms with van der Waals surface area (Å²) >= 11 is 0.987. The van der Waals surface area contributed by atoms with Crippen LogP contribution in [0, 0.1) is 22.6 Å². The van der Waals surface area contributed by atoms with Crippen LogP contribution < -0.4 is 10.8 Å². The fraction of sp³-hybridized carbons (Fsp3) is 0.524. The normalized spacial score (nSPS) is 15.8.